The van der Waals surface area contributed by atoms with Crippen molar-refractivity contribution in [2.45, 2.75) is 59.0 Å². The summed E-state index contributed by atoms with van der Waals surface area (Å²) >= 11 is 5.03. The number of hydrogen-bond acceptors (Lipinski definition) is 2. The molecule has 0 aliphatic carbocycles. The molecular formula is C11H24N2S. The fraction of sp³-hybridized carbons (Fsp3) is 0.909. The molecule has 0 aromatic carbocycles. The number of nitrogens with two attached hydrogens (primary N) is 1. The maximum atomic E-state index is 5.67. The van der Waals surface area contributed by atoms with Crippen LogP contribution < -0.4 is 5.73 Å². The van der Waals surface area contributed by atoms with Gasteiger partial charge in [0.25, 0.3) is 0 Å². The Labute approximate surface area is 93.8 Å². The summed E-state index contributed by atoms with van der Waals surface area (Å²) in [5, 5.41) is 0. The van der Waals surface area contributed by atoms with Crippen LogP contribution in [0.4, 0.5) is 0 Å². The molecule has 1 unspecified atom stereocenters. The first-order valence-electron chi connectivity index (χ1n) is 5.55. The Balaban J connectivity index is 4.08. The van der Waals surface area contributed by atoms with Crippen molar-refractivity contribution in [2.75, 3.05) is 6.54 Å². The van der Waals surface area contributed by atoms with Crippen molar-refractivity contribution in [3.63, 3.8) is 0 Å². The molecule has 2 N–H and O–H groups in total. The van der Waals surface area contributed by atoms with E-state index in [1.165, 1.54) is 19.3 Å². The molecule has 0 bridgehead atoms. The van der Waals surface area contributed by atoms with Gasteiger partial charge in [0.2, 0.25) is 0 Å². The van der Waals surface area contributed by atoms with Crippen LogP contribution in [0.25, 0.3) is 0 Å². The maximum absolute atomic E-state index is 5.67. The Morgan fingerprint density at radius 1 is 1.29 bits per heavy atom. The smallest absolute Gasteiger partial charge is 0.0899 e. The zero-order valence-electron chi connectivity index (χ0n) is 9.92. The predicted octanol–water partition coefficient (Wildman–Crippen LogP) is 2.56. The summed E-state index contributed by atoms with van der Waals surface area (Å²) < 4.78 is 0. The average Bonchev–Trinajstić information content (AvgIpc) is 2.10. The topological polar surface area (TPSA) is 29.3 Å². The molecule has 14 heavy (non-hydrogen) atoms. The summed E-state index contributed by atoms with van der Waals surface area (Å²) in [5.41, 5.74) is 5.67. The molecule has 0 saturated heterocycles. The minimum atomic E-state index is 0.224. The zero-order valence-corrected chi connectivity index (χ0v) is 10.7. The highest BCUT2D eigenvalue weighted by Gasteiger charge is 2.18. The van der Waals surface area contributed by atoms with E-state index in [-0.39, 0.29) is 6.04 Å². The van der Waals surface area contributed by atoms with Crippen molar-refractivity contribution in [2.24, 2.45) is 5.73 Å². The van der Waals surface area contributed by atoms with E-state index in [1.807, 2.05) is 0 Å². The van der Waals surface area contributed by atoms with Crippen LogP contribution in [0.2, 0.25) is 0 Å². The Morgan fingerprint density at radius 3 is 2.21 bits per heavy atom. The van der Waals surface area contributed by atoms with E-state index >= 15 is 0 Å². The minimum Gasteiger partial charge on any atom is -0.392 e. The Kier molecular flexibility index (Phi) is 7.11. The molecule has 2 nitrogen and oxygen atoms in total. The maximum Gasteiger partial charge on any atom is 0.0899 e. The van der Waals surface area contributed by atoms with Gasteiger partial charge >= 0.3 is 0 Å². The summed E-state index contributed by atoms with van der Waals surface area (Å²) in [7, 11) is 0. The van der Waals surface area contributed by atoms with Gasteiger partial charge in [0.1, 0.15) is 0 Å². The van der Waals surface area contributed by atoms with E-state index in [0.717, 1.165) is 6.54 Å². The third-order valence-corrected chi connectivity index (χ3v) is 2.93. The summed E-state index contributed by atoms with van der Waals surface area (Å²) in [6, 6.07) is 0.741. The first kappa shape index (κ1) is 13.8. The molecule has 0 aromatic heterocycles. The van der Waals surface area contributed by atoms with E-state index in [9.17, 15) is 0 Å². The van der Waals surface area contributed by atoms with Gasteiger partial charge in [0.05, 0.1) is 11.0 Å². The van der Waals surface area contributed by atoms with Crippen LogP contribution in [0.5, 0.6) is 0 Å². The molecule has 0 saturated carbocycles. The predicted molar refractivity (Wildman–Crippen MR) is 67.6 cm³/mol. The van der Waals surface area contributed by atoms with Crippen LogP contribution in [0.1, 0.15) is 47.0 Å². The quantitative estimate of drug-likeness (QED) is 0.524. The lowest BCUT2D eigenvalue weighted by Crippen LogP contribution is -2.45. The van der Waals surface area contributed by atoms with Gasteiger partial charge < -0.3 is 5.73 Å². The fourth-order valence-corrected chi connectivity index (χ4v) is 1.74. The Morgan fingerprint density at radius 2 is 1.86 bits per heavy atom. The number of nitrogens with zero attached hydrogens (tertiary/aromatic N) is 1. The van der Waals surface area contributed by atoms with E-state index < -0.39 is 0 Å². The molecule has 0 heterocycles. The van der Waals surface area contributed by atoms with Gasteiger partial charge in [-0.2, -0.15) is 0 Å². The molecule has 1 atom stereocenters. The minimum absolute atomic E-state index is 0.224. The normalized spacial score (nSPS) is 13.6. The molecule has 0 radical (unpaired) electrons. The van der Waals surface area contributed by atoms with E-state index in [0.29, 0.717) is 11.0 Å². The van der Waals surface area contributed by atoms with Gasteiger partial charge in [-0.1, -0.05) is 32.0 Å². The molecule has 3 heteroatoms. The van der Waals surface area contributed by atoms with Gasteiger partial charge in [-0.05, 0) is 33.7 Å². The molecule has 0 spiro atoms. The Hall–Kier alpha value is -0.150. The van der Waals surface area contributed by atoms with Crippen LogP contribution in [0.3, 0.4) is 0 Å². The summed E-state index contributed by atoms with van der Waals surface area (Å²) in [6.07, 6.45) is 3.78. The molecule has 84 valence electrons. The fourth-order valence-electron chi connectivity index (χ4n) is 1.61. The second-order valence-electron chi connectivity index (χ2n) is 4.12. The lowest BCUT2D eigenvalue weighted by atomic mass is 10.1. The van der Waals surface area contributed by atoms with Crippen LogP contribution in [-0.4, -0.2) is 28.5 Å². The van der Waals surface area contributed by atoms with Gasteiger partial charge in [0, 0.05) is 6.04 Å². The van der Waals surface area contributed by atoms with E-state index in [2.05, 4.69) is 32.6 Å². The van der Waals surface area contributed by atoms with Gasteiger partial charge in [-0.15, -0.1) is 0 Å². The molecule has 0 amide bonds. The largest absolute Gasteiger partial charge is 0.392 e. The third-order valence-electron chi connectivity index (χ3n) is 2.59. The van der Waals surface area contributed by atoms with Crippen LogP contribution in [0, 0.1) is 0 Å². The number of rotatable bonds is 7. The molecular weight excluding hydrogens is 192 g/mol. The van der Waals surface area contributed by atoms with Crippen molar-refractivity contribution in [1.29, 1.82) is 0 Å². The highest BCUT2D eigenvalue weighted by atomic mass is 32.1. The van der Waals surface area contributed by atoms with Crippen molar-refractivity contribution in [1.82, 2.24) is 4.90 Å². The van der Waals surface area contributed by atoms with Crippen LogP contribution >= 0.6 is 12.2 Å². The van der Waals surface area contributed by atoms with Crippen molar-refractivity contribution in [3.05, 3.63) is 0 Å². The van der Waals surface area contributed by atoms with Gasteiger partial charge in [-0.25, -0.2) is 0 Å². The van der Waals surface area contributed by atoms with E-state index in [4.69, 9.17) is 18.0 Å². The van der Waals surface area contributed by atoms with Crippen LogP contribution in [-0.2, 0) is 0 Å². The summed E-state index contributed by atoms with van der Waals surface area (Å²) in [4.78, 5) is 2.98. The molecule has 0 aliphatic rings. The highest BCUT2D eigenvalue weighted by molar-refractivity contribution is 7.80. The second-order valence-corrected chi connectivity index (χ2v) is 4.59. The van der Waals surface area contributed by atoms with Crippen LogP contribution in [0.15, 0.2) is 0 Å². The highest BCUT2D eigenvalue weighted by Crippen LogP contribution is 2.08. The third kappa shape index (κ3) is 4.91. The molecule has 0 rings (SSSR count). The number of thiocarbonyl (C=S) groups is 1. The van der Waals surface area contributed by atoms with Gasteiger partial charge in [0.15, 0.2) is 0 Å². The summed E-state index contributed by atoms with van der Waals surface area (Å²) in [6.45, 7) is 9.80. The molecule has 0 fully saturated rings. The lowest BCUT2D eigenvalue weighted by Gasteiger charge is -2.32. The van der Waals surface area contributed by atoms with Gasteiger partial charge in [-0.3, -0.25) is 4.90 Å². The van der Waals surface area contributed by atoms with Crippen molar-refractivity contribution >= 4 is 17.2 Å². The Bertz CT molecular complexity index is 169. The zero-order chi connectivity index (χ0) is 11.1. The molecule has 0 aromatic rings. The standard InChI is InChI=1S/C11H24N2S/c1-5-6-7-8-13(9(2)3)10(4)11(12)14/h9-10H,5-8H2,1-4H3,(H2,12,14). The SMILES string of the molecule is CCCCCN(C(C)C)C(C)C(N)=S. The number of unbranched alkanes of at least 4 members (excludes halogenated alkanes) is 2. The summed E-state index contributed by atoms with van der Waals surface area (Å²) in [5.74, 6) is 0. The van der Waals surface area contributed by atoms with E-state index in [1.54, 1.807) is 0 Å². The van der Waals surface area contributed by atoms with Crippen molar-refractivity contribution < 1.29 is 0 Å². The number of hydrogen-bond donors (Lipinski definition) is 1. The molecule has 0 aliphatic heterocycles. The second kappa shape index (κ2) is 7.18. The average molecular weight is 216 g/mol. The first-order chi connectivity index (χ1) is 6.50. The first-order valence-corrected chi connectivity index (χ1v) is 5.96. The van der Waals surface area contributed by atoms with Crippen molar-refractivity contribution in [3.8, 4) is 0 Å². The monoisotopic (exact) mass is 216 g/mol. The lowest BCUT2D eigenvalue weighted by molar-refractivity contribution is 0.199.